The van der Waals surface area contributed by atoms with Gasteiger partial charge in [-0.2, -0.15) is 0 Å². The van der Waals surface area contributed by atoms with Crippen LogP contribution in [-0.2, 0) is 11.2 Å². The van der Waals surface area contributed by atoms with Crippen LogP contribution in [0.4, 0.5) is 10.2 Å². The molecule has 0 spiro atoms. The average molecular weight is 456 g/mol. The zero-order valence-corrected chi connectivity index (χ0v) is 19.6. The van der Waals surface area contributed by atoms with Gasteiger partial charge < -0.3 is 20.2 Å². The molecule has 8 heteroatoms. The number of hydrogen-bond donors (Lipinski definition) is 2. The molecular formula is C25H34FN5O2. The average Bonchev–Trinajstić information content (AvgIpc) is 2.81. The number of nitrogens with zero attached hydrogens (tertiary/aromatic N) is 4. The molecule has 33 heavy (non-hydrogen) atoms. The van der Waals surface area contributed by atoms with E-state index in [1.807, 2.05) is 26.1 Å². The molecular weight excluding hydrogens is 421 g/mol. The van der Waals surface area contributed by atoms with Crippen LogP contribution in [0.15, 0.2) is 36.7 Å². The molecule has 4 rings (SSSR count). The van der Waals surface area contributed by atoms with E-state index in [2.05, 4.69) is 25.1 Å². The van der Waals surface area contributed by atoms with Gasteiger partial charge in [-0.3, -0.25) is 4.79 Å². The Labute approximate surface area is 195 Å². The number of aryl methyl sites for hydroxylation is 1. The molecule has 2 saturated heterocycles. The number of rotatable bonds is 6. The monoisotopic (exact) mass is 455 g/mol. The largest absolute Gasteiger partial charge is 0.386 e. The number of nitrogens with one attached hydrogen (secondary N) is 1. The fourth-order valence-electron chi connectivity index (χ4n) is 5.03. The predicted octanol–water partition coefficient (Wildman–Crippen LogP) is 2.33. The lowest BCUT2D eigenvalue weighted by atomic mass is 9.72. The SMILES string of the molecule is Cc1cc(N2CCC[C@](O)(CNC(=O)C3(Cc4ccccc4F)CCN(C)CC3)C2)ncn1. The Balaban J connectivity index is 1.46. The van der Waals surface area contributed by atoms with Crippen molar-refractivity contribution in [3.05, 3.63) is 53.7 Å². The van der Waals surface area contributed by atoms with E-state index in [0.29, 0.717) is 37.8 Å². The second-order valence-electron chi connectivity index (χ2n) is 9.80. The number of halogens is 1. The highest BCUT2D eigenvalue weighted by molar-refractivity contribution is 5.83. The Morgan fingerprint density at radius 3 is 2.67 bits per heavy atom. The summed E-state index contributed by atoms with van der Waals surface area (Å²) in [6, 6.07) is 8.60. The maximum atomic E-state index is 14.4. The summed E-state index contributed by atoms with van der Waals surface area (Å²) in [4.78, 5) is 26.3. The molecule has 1 aromatic carbocycles. The van der Waals surface area contributed by atoms with E-state index in [-0.39, 0.29) is 18.3 Å². The highest BCUT2D eigenvalue weighted by Crippen LogP contribution is 2.36. The number of carbonyl (C=O) groups excluding carboxylic acids is 1. The smallest absolute Gasteiger partial charge is 0.226 e. The zero-order valence-electron chi connectivity index (χ0n) is 19.6. The van der Waals surface area contributed by atoms with Gasteiger partial charge in [-0.15, -0.1) is 0 Å². The quantitative estimate of drug-likeness (QED) is 0.696. The van der Waals surface area contributed by atoms with Crippen molar-refractivity contribution < 1.29 is 14.3 Å². The molecule has 1 aromatic heterocycles. The van der Waals surface area contributed by atoms with Gasteiger partial charge in [0, 0.05) is 31.4 Å². The molecule has 0 saturated carbocycles. The molecule has 0 unspecified atom stereocenters. The second kappa shape index (κ2) is 9.73. The fourth-order valence-corrected chi connectivity index (χ4v) is 5.03. The first-order valence-corrected chi connectivity index (χ1v) is 11.7. The van der Waals surface area contributed by atoms with Gasteiger partial charge >= 0.3 is 0 Å². The first-order valence-electron chi connectivity index (χ1n) is 11.7. The van der Waals surface area contributed by atoms with Crippen LogP contribution in [0.5, 0.6) is 0 Å². The predicted molar refractivity (Wildman–Crippen MR) is 125 cm³/mol. The Hall–Kier alpha value is -2.58. The molecule has 0 bridgehead atoms. The van der Waals surface area contributed by atoms with Gasteiger partial charge in [0.15, 0.2) is 0 Å². The number of piperidine rings is 2. The van der Waals surface area contributed by atoms with Crippen LogP contribution in [0.3, 0.4) is 0 Å². The van der Waals surface area contributed by atoms with Crippen molar-refractivity contribution in [2.45, 2.75) is 44.6 Å². The van der Waals surface area contributed by atoms with E-state index in [4.69, 9.17) is 0 Å². The summed E-state index contributed by atoms with van der Waals surface area (Å²) >= 11 is 0. The van der Waals surface area contributed by atoms with Crippen molar-refractivity contribution in [3.63, 3.8) is 0 Å². The van der Waals surface area contributed by atoms with Gasteiger partial charge in [-0.25, -0.2) is 14.4 Å². The van der Waals surface area contributed by atoms with Crippen molar-refractivity contribution in [1.82, 2.24) is 20.2 Å². The molecule has 1 atom stereocenters. The van der Waals surface area contributed by atoms with E-state index in [0.717, 1.165) is 37.6 Å². The number of aromatic nitrogens is 2. The molecule has 0 radical (unpaired) electrons. The Bertz CT molecular complexity index is 979. The lowest BCUT2D eigenvalue weighted by molar-refractivity contribution is -0.135. The van der Waals surface area contributed by atoms with Gasteiger partial charge in [-0.05, 0) is 70.8 Å². The standard InChI is InChI=1S/C25H34FN5O2/c1-19-14-22(29-18-28-19)31-11-5-8-25(33,17-31)16-27-23(32)24(9-12-30(2)13-10-24)15-20-6-3-4-7-21(20)26/h3-4,6-7,14,18,33H,5,8-13,15-17H2,1-2H3,(H,27,32)/t25-/m0/s1. The minimum Gasteiger partial charge on any atom is -0.386 e. The molecule has 2 aliphatic heterocycles. The molecule has 2 fully saturated rings. The van der Waals surface area contributed by atoms with Gasteiger partial charge in [0.2, 0.25) is 5.91 Å². The third-order valence-corrected chi connectivity index (χ3v) is 7.16. The van der Waals surface area contributed by atoms with Gasteiger partial charge in [0.1, 0.15) is 18.0 Å². The van der Waals surface area contributed by atoms with Crippen molar-refractivity contribution in [3.8, 4) is 0 Å². The number of likely N-dealkylation sites (tertiary alicyclic amines) is 1. The Kier molecular flexibility index (Phi) is 6.95. The number of hydrogen-bond acceptors (Lipinski definition) is 6. The van der Waals surface area contributed by atoms with E-state index in [1.54, 1.807) is 12.1 Å². The van der Waals surface area contributed by atoms with Crippen LogP contribution in [0.25, 0.3) is 0 Å². The van der Waals surface area contributed by atoms with E-state index >= 15 is 0 Å². The van der Waals surface area contributed by atoms with Gasteiger partial charge in [0.25, 0.3) is 0 Å². The second-order valence-corrected chi connectivity index (χ2v) is 9.80. The number of carbonyl (C=O) groups is 1. The molecule has 2 aromatic rings. The topological polar surface area (TPSA) is 81.6 Å². The molecule has 7 nitrogen and oxygen atoms in total. The van der Waals surface area contributed by atoms with Crippen molar-refractivity contribution >= 4 is 11.7 Å². The van der Waals surface area contributed by atoms with E-state index in [1.165, 1.54) is 12.4 Å². The number of aliphatic hydroxyl groups is 1. The summed E-state index contributed by atoms with van der Waals surface area (Å²) in [7, 11) is 2.04. The lowest BCUT2D eigenvalue weighted by Crippen LogP contribution is -2.57. The summed E-state index contributed by atoms with van der Waals surface area (Å²) in [5.41, 5.74) is -0.278. The first-order chi connectivity index (χ1) is 15.8. The summed E-state index contributed by atoms with van der Waals surface area (Å²) < 4.78 is 14.4. The molecule has 2 aliphatic rings. The van der Waals surface area contributed by atoms with Crippen LogP contribution < -0.4 is 10.2 Å². The normalized spacial score (nSPS) is 23.3. The summed E-state index contributed by atoms with van der Waals surface area (Å²) in [5.74, 6) is 0.422. The van der Waals surface area contributed by atoms with E-state index in [9.17, 15) is 14.3 Å². The molecule has 178 valence electrons. The van der Waals surface area contributed by atoms with Crippen LogP contribution in [-0.4, -0.2) is 71.3 Å². The van der Waals surface area contributed by atoms with Crippen LogP contribution in [0.2, 0.25) is 0 Å². The van der Waals surface area contributed by atoms with Gasteiger partial charge in [0.05, 0.1) is 11.0 Å². The van der Waals surface area contributed by atoms with Crippen LogP contribution >= 0.6 is 0 Å². The van der Waals surface area contributed by atoms with Crippen LogP contribution in [0, 0.1) is 18.2 Å². The van der Waals surface area contributed by atoms with Crippen molar-refractivity contribution in [2.75, 3.05) is 44.7 Å². The number of benzene rings is 1. The minimum atomic E-state index is -1.04. The maximum Gasteiger partial charge on any atom is 0.226 e. The zero-order chi connectivity index (χ0) is 23.5. The Morgan fingerprint density at radius 2 is 1.94 bits per heavy atom. The first kappa shape index (κ1) is 23.6. The summed E-state index contributed by atoms with van der Waals surface area (Å²) in [5, 5.41) is 14.4. The highest BCUT2D eigenvalue weighted by atomic mass is 19.1. The number of amides is 1. The summed E-state index contributed by atoms with van der Waals surface area (Å²) in [6.07, 6.45) is 4.64. The number of anilines is 1. The third kappa shape index (κ3) is 5.50. The fraction of sp³-hybridized carbons (Fsp3) is 0.560. The van der Waals surface area contributed by atoms with Crippen LogP contribution in [0.1, 0.15) is 36.9 Å². The molecule has 1 amide bonds. The van der Waals surface area contributed by atoms with Crippen molar-refractivity contribution in [1.29, 1.82) is 0 Å². The van der Waals surface area contributed by atoms with Crippen molar-refractivity contribution in [2.24, 2.45) is 5.41 Å². The Morgan fingerprint density at radius 1 is 1.18 bits per heavy atom. The van der Waals surface area contributed by atoms with E-state index < -0.39 is 11.0 Å². The minimum absolute atomic E-state index is 0.0951. The maximum absolute atomic E-state index is 14.4. The lowest BCUT2D eigenvalue weighted by Gasteiger charge is -2.42. The summed E-state index contributed by atoms with van der Waals surface area (Å²) in [6.45, 7) is 4.85. The van der Waals surface area contributed by atoms with Gasteiger partial charge in [-0.1, -0.05) is 18.2 Å². The molecule has 2 N–H and O–H groups in total. The molecule has 3 heterocycles. The molecule has 0 aliphatic carbocycles. The highest BCUT2D eigenvalue weighted by Gasteiger charge is 2.43. The third-order valence-electron chi connectivity index (χ3n) is 7.16. The number of β-amino-alcohol motifs (C(OH)–C–C–N with tert-alkyl or cyclic N) is 1.